The summed E-state index contributed by atoms with van der Waals surface area (Å²) in [6.45, 7) is 3.31. The van der Waals surface area contributed by atoms with Gasteiger partial charge in [-0.1, -0.05) is 0 Å². The first-order chi connectivity index (χ1) is 12.9. The third-order valence-electron chi connectivity index (χ3n) is 5.60. The number of benzene rings is 1. The van der Waals surface area contributed by atoms with Crippen LogP contribution in [-0.2, 0) is 16.1 Å². The quantitative estimate of drug-likeness (QED) is 0.778. The van der Waals surface area contributed by atoms with Crippen molar-refractivity contribution < 1.29 is 18.7 Å². The van der Waals surface area contributed by atoms with Crippen LogP contribution in [0, 0.1) is 18.2 Å². The summed E-state index contributed by atoms with van der Waals surface area (Å²) in [5.41, 5.74) is 0.559. The average Bonchev–Trinajstić information content (AvgIpc) is 3.23. The number of amides is 1. The number of cyclic esters (lactones) is 1. The topological polar surface area (TPSA) is 64.4 Å². The lowest BCUT2D eigenvalue weighted by Gasteiger charge is -2.36. The summed E-state index contributed by atoms with van der Waals surface area (Å²) in [5, 5.41) is 0. The summed E-state index contributed by atoms with van der Waals surface area (Å²) in [6, 6.07) is 4.36. The van der Waals surface area contributed by atoms with Gasteiger partial charge in [0.1, 0.15) is 11.9 Å². The molecule has 0 N–H and O–H groups in total. The minimum Gasteiger partial charge on any atom is -0.460 e. The Morgan fingerprint density at radius 1 is 1.33 bits per heavy atom. The van der Waals surface area contributed by atoms with Gasteiger partial charge in [0.05, 0.1) is 18.3 Å². The Hall–Kier alpha value is -2.70. The van der Waals surface area contributed by atoms with Crippen LogP contribution in [-0.4, -0.2) is 45.5 Å². The molecular formula is C20H22FN3O3. The van der Waals surface area contributed by atoms with Gasteiger partial charge < -0.3 is 14.2 Å². The van der Waals surface area contributed by atoms with Crippen LogP contribution in [0.3, 0.4) is 0 Å². The first-order valence-corrected chi connectivity index (χ1v) is 9.18. The largest absolute Gasteiger partial charge is 0.460 e. The van der Waals surface area contributed by atoms with Gasteiger partial charge in [0.2, 0.25) is 0 Å². The van der Waals surface area contributed by atoms with Crippen LogP contribution in [0.1, 0.15) is 35.2 Å². The fraction of sp³-hybridized carbons (Fsp3) is 0.450. The van der Waals surface area contributed by atoms with Crippen molar-refractivity contribution in [3.63, 3.8) is 0 Å². The van der Waals surface area contributed by atoms with Crippen molar-refractivity contribution in [1.29, 1.82) is 0 Å². The van der Waals surface area contributed by atoms with E-state index in [0.717, 1.165) is 0 Å². The molecule has 4 rings (SSSR count). The van der Waals surface area contributed by atoms with Crippen LogP contribution in [0.5, 0.6) is 0 Å². The molecular weight excluding hydrogens is 349 g/mol. The molecule has 7 heteroatoms. The van der Waals surface area contributed by atoms with Gasteiger partial charge >= 0.3 is 5.97 Å². The van der Waals surface area contributed by atoms with E-state index in [1.165, 1.54) is 12.1 Å². The molecule has 0 aliphatic carbocycles. The second kappa shape index (κ2) is 6.79. The maximum atomic E-state index is 13.6. The van der Waals surface area contributed by atoms with Gasteiger partial charge in [-0.05, 0) is 43.5 Å². The number of ether oxygens (including phenoxy) is 1. The van der Waals surface area contributed by atoms with Crippen LogP contribution in [0.4, 0.5) is 4.39 Å². The van der Waals surface area contributed by atoms with Crippen LogP contribution in [0.15, 0.2) is 36.9 Å². The predicted octanol–water partition coefficient (Wildman–Crippen LogP) is 2.57. The number of likely N-dealkylation sites (tertiary alicyclic amines) is 1. The highest BCUT2D eigenvalue weighted by molar-refractivity contribution is 5.94. The molecule has 6 nitrogen and oxygen atoms in total. The molecule has 3 heterocycles. The van der Waals surface area contributed by atoms with Crippen molar-refractivity contribution in [3.8, 4) is 0 Å². The minimum atomic E-state index is -0.514. The van der Waals surface area contributed by atoms with E-state index in [9.17, 15) is 14.0 Å². The van der Waals surface area contributed by atoms with Gasteiger partial charge in [-0.15, -0.1) is 0 Å². The highest BCUT2D eigenvalue weighted by Gasteiger charge is 2.50. The van der Waals surface area contributed by atoms with Crippen LogP contribution < -0.4 is 0 Å². The van der Waals surface area contributed by atoms with Crippen LogP contribution in [0.25, 0.3) is 0 Å². The van der Waals surface area contributed by atoms with Crippen molar-refractivity contribution in [3.05, 3.63) is 53.9 Å². The fourth-order valence-corrected chi connectivity index (χ4v) is 4.16. The van der Waals surface area contributed by atoms with E-state index in [1.54, 1.807) is 30.4 Å². The zero-order chi connectivity index (χ0) is 19.0. The second-order valence-corrected chi connectivity index (χ2v) is 7.58. The number of carbonyl (C=O) groups excluding carboxylic acids is 2. The fourth-order valence-electron chi connectivity index (χ4n) is 4.16. The zero-order valence-corrected chi connectivity index (χ0v) is 15.2. The van der Waals surface area contributed by atoms with Crippen molar-refractivity contribution in [2.24, 2.45) is 5.41 Å². The first kappa shape index (κ1) is 17.7. The lowest BCUT2D eigenvalue weighted by molar-refractivity contribution is -0.150. The van der Waals surface area contributed by atoms with Gasteiger partial charge in [0.15, 0.2) is 0 Å². The Kier molecular flexibility index (Phi) is 4.45. The lowest BCUT2D eigenvalue weighted by atomic mass is 9.76. The van der Waals surface area contributed by atoms with E-state index in [1.807, 2.05) is 10.8 Å². The number of esters is 1. The maximum absolute atomic E-state index is 13.6. The summed E-state index contributed by atoms with van der Waals surface area (Å²) in [7, 11) is 0. The first-order valence-electron chi connectivity index (χ1n) is 9.18. The zero-order valence-electron chi connectivity index (χ0n) is 15.2. The van der Waals surface area contributed by atoms with E-state index >= 15 is 0 Å². The number of aromatic nitrogens is 2. The smallest absolute Gasteiger partial charge is 0.312 e. The molecule has 1 atom stereocenters. The number of hydrogen-bond acceptors (Lipinski definition) is 4. The van der Waals surface area contributed by atoms with Crippen molar-refractivity contribution in [2.75, 3.05) is 13.1 Å². The third-order valence-corrected chi connectivity index (χ3v) is 5.60. The van der Waals surface area contributed by atoms with Crippen LogP contribution in [0.2, 0.25) is 0 Å². The number of nitrogens with zero attached hydrogens (tertiary/aromatic N) is 3. The highest BCUT2D eigenvalue weighted by atomic mass is 19.1. The molecule has 1 aromatic heterocycles. The van der Waals surface area contributed by atoms with Gasteiger partial charge in [-0.2, -0.15) is 0 Å². The molecule has 2 aliphatic rings. The molecule has 0 saturated carbocycles. The Balaban J connectivity index is 1.40. The number of piperidine rings is 1. The summed E-state index contributed by atoms with van der Waals surface area (Å²) in [6.07, 6.45) is 6.90. The van der Waals surface area contributed by atoms with Gasteiger partial charge in [0.25, 0.3) is 5.91 Å². The van der Waals surface area contributed by atoms with Gasteiger partial charge in [-0.3, -0.25) is 9.59 Å². The standard InChI is InChI=1S/C20H22FN3O3/c1-14-8-15(10-16(21)9-14)18(25)24-5-2-20(3-6-24)11-17(27-19(20)26)12-23-7-4-22-13-23/h4,7-10,13,17H,2-3,5-6,11-12H2,1H3. The van der Waals surface area contributed by atoms with Crippen molar-refractivity contribution >= 4 is 11.9 Å². The molecule has 2 fully saturated rings. The predicted molar refractivity (Wildman–Crippen MR) is 95.4 cm³/mol. The van der Waals surface area contributed by atoms with Crippen molar-refractivity contribution in [2.45, 2.75) is 38.8 Å². The van der Waals surface area contributed by atoms with E-state index in [-0.39, 0.29) is 18.0 Å². The molecule has 1 spiro atoms. The molecule has 1 unspecified atom stereocenters. The Bertz CT molecular complexity index is 837. The molecule has 2 saturated heterocycles. The second-order valence-electron chi connectivity index (χ2n) is 7.58. The highest BCUT2D eigenvalue weighted by Crippen LogP contribution is 2.43. The monoisotopic (exact) mass is 371 g/mol. The number of imidazole rings is 1. The Morgan fingerprint density at radius 3 is 2.78 bits per heavy atom. The number of rotatable bonds is 3. The molecule has 27 heavy (non-hydrogen) atoms. The normalized spacial score (nSPS) is 21.5. The summed E-state index contributed by atoms with van der Waals surface area (Å²) >= 11 is 0. The van der Waals surface area contributed by atoms with E-state index in [4.69, 9.17) is 4.74 Å². The maximum Gasteiger partial charge on any atom is 0.312 e. The molecule has 142 valence electrons. The number of hydrogen-bond donors (Lipinski definition) is 0. The summed E-state index contributed by atoms with van der Waals surface area (Å²) in [5.74, 6) is -0.761. The molecule has 1 aromatic carbocycles. The number of carbonyl (C=O) groups is 2. The molecule has 2 aliphatic heterocycles. The third kappa shape index (κ3) is 3.46. The summed E-state index contributed by atoms with van der Waals surface area (Å²) < 4.78 is 21.1. The summed E-state index contributed by atoms with van der Waals surface area (Å²) in [4.78, 5) is 30.9. The minimum absolute atomic E-state index is 0.165. The van der Waals surface area contributed by atoms with Crippen LogP contribution >= 0.6 is 0 Å². The van der Waals surface area contributed by atoms with Crippen molar-refractivity contribution in [1.82, 2.24) is 14.5 Å². The van der Waals surface area contributed by atoms with Gasteiger partial charge in [0, 0.05) is 37.5 Å². The Morgan fingerprint density at radius 2 is 2.11 bits per heavy atom. The van der Waals surface area contributed by atoms with Gasteiger partial charge in [-0.25, -0.2) is 9.37 Å². The molecule has 1 amide bonds. The van der Waals surface area contributed by atoms with E-state index in [0.29, 0.717) is 50.0 Å². The van der Waals surface area contributed by atoms with E-state index < -0.39 is 11.2 Å². The number of aryl methyl sites for hydroxylation is 1. The number of halogens is 1. The van der Waals surface area contributed by atoms with E-state index in [2.05, 4.69) is 4.98 Å². The SMILES string of the molecule is Cc1cc(F)cc(C(=O)N2CCC3(CC2)CC(Cn2ccnc2)OC3=O)c1. The Labute approximate surface area is 156 Å². The molecule has 2 aromatic rings. The average molecular weight is 371 g/mol. The molecule has 0 radical (unpaired) electrons. The molecule has 0 bridgehead atoms. The lowest BCUT2D eigenvalue weighted by Crippen LogP contribution is -2.45.